The highest BCUT2D eigenvalue weighted by Gasteiger charge is 2.19. The van der Waals surface area contributed by atoms with E-state index in [1.165, 1.54) is 0 Å². The predicted octanol–water partition coefficient (Wildman–Crippen LogP) is 4.29. The smallest absolute Gasteiger partial charge is 0.131 e. The molecule has 132 valence electrons. The molecule has 1 saturated heterocycles. The van der Waals surface area contributed by atoms with Crippen molar-refractivity contribution in [1.29, 1.82) is 0 Å². The molecule has 0 amide bonds. The largest absolute Gasteiger partial charge is 0.496 e. The summed E-state index contributed by atoms with van der Waals surface area (Å²) in [6, 6.07) is 16.2. The standard InChI is InChI=1S/C22H22N2O2/c1-3-15-11-18-20(13-21(15)25-2)24-19(16-7-5-4-6-8-16)12-22(18)26-17-9-10-23-14-17/h3-8,11-13,17,23H,1,9-10,14H2,2H3. The highest BCUT2D eigenvalue weighted by atomic mass is 16.5. The van der Waals surface area contributed by atoms with Crippen molar-refractivity contribution in [3.05, 3.63) is 60.7 Å². The molecule has 1 aliphatic rings. The van der Waals surface area contributed by atoms with Crippen LogP contribution in [-0.4, -0.2) is 31.3 Å². The Morgan fingerprint density at radius 2 is 2.00 bits per heavy atom. The molecule has 4 rings (SSSR count). The van der Waals surface area contributed by atoms with Crippen molar-refractivity contribution in [1.82, 2.24) is 10.3 Å². The molecule has 3 aromatic rings. The van der Waals surface area contributed by atoms with Gasteiger partial charge in [0.05, 0.1) is 18.3 Å². The first-order valence-corrected chi connectivity index (χ1v) is 8.86. The average molecular weight is 346 g/mol. The van der Waals surface area contributed by atoms with Crippen LogP contribution in [0.5, 0.6) is 11.5 Å². The lowest BCUT2D eigenvalue weighted by Crippen LogP contribution is -2.19. The van der Waals surface area contributed by atoms with E-state index in [1.54, 1.807) is 13.2 Å². The molecule has 26 heavy (non-hydrogen) atoms. The molecular weight excluding hydrogens is 324 g/mol. The first-order valence-electron chi connectivity index (χ1n) is 8.86. The number of rotatable bonds is 5. The lowest BCUT2D eigenvalue weighted by molar-refractivity contribution is 0.226. The highest BCUT2D eigenvalue weighted by molar-refractivity contribution is 5.91. The molecule has 1 aromatic heterocycles. The van der Waals surface area contributed by atoms with Crippen LogP contribution in [0.2, 0.25) is 0 Å². The van der Waals surface area contributed by atoms with Gasteiger partial charge in [-0.3, -0.25) is 0 Å². The van der Waals surface area contributed by atoms with E-state index < -0.39 is 0 Å². The second kappa shape index (κ2) is 7.18. The number of nitrogens with zero attached hydrogens (tertiary/aromatic N) is 1. The molecule has 1 aliphatic heterocycles. The van der Waals surface area contributed by atoms with Crippen molar-refractivity contribution in [2.24, 2.45) is 0 Å². The van der Waals surface area contributed by atoms with E-state index in [4.69, 9.17) is 14.5 Å². The monoisotopic (exact) mass is 346 g/mol. The average Bonchev–Trinajstić information content (AvgIpc) is 3.20. The zero-order valence-corrected chi connectivity index (χ0v) is 14.9. The van der Waals surface area contributed by atoms with Gasteiger partial charge in [-0.1, -0.05) is 43.0 Å². The van der Waals surface area contributed by atoms with Gasteiger partial charge in [0.25, 0.3) is 0 Å². The summed E-state index contributed by atoms with van der Waals surface area (Å²) < 4.78 is 11.8. The minimum Gasteiger partial charge on any atom is -0.496 e. The van der Waals surface area contributed by atoms with E-state index in [0.29, 0.717) is 0 Å². The summed E-state index contributed by atoms with van der Waals surface area (Å²) in [5.41, 5.74) is 3.75. The third-order valence-electron chi connectivity index (χ3n) is 4.72. The summed E-state index contributed by atoms with van der Waals surface area (Å²) in [5.74, 6) is 1.62. The Hall–Kier alpha value is -2.85. The van der Waals surface area contributed by atoms with Gasteiger partial charge in [-0.15, -0.1) is 0 Å². The molecule has 1 unspecified atom stereocenters. The van der Waals surface area contributed by atoms with E-state index in [1.807, 2.05) is 36.4 Å². The van der Waals surface area contributed by atoms with Crippen LogP contribution in [0.4, 0.5) is 0 Å². The van der Waals surface area contributed by atoms with E-state index in [9.17, 15) is 0 Å². The first-order chi connectivity index (χ1) is 12.8. The second-order valence-electron chi connectivity index (χ2n) is 6.42. The Morgan fingerprint density at radius 3 is 2.69 bits per heavy atom. The topological polar surface area (TPSA) is 43.4 Å². The Labute approximate surface area is 153 Å². The number of aromatic nitrogens is 1. The van der Waals surface area contributed by atoms with Crippen LogP contribution in [0.1, 0.15) is 12.0 Å². The summed E-state index contributed by atoms with van der Waals surface area (Å²) in [5, 5.41) is 4.33. The molecule has 1 fully saturated rings. The fourth-order valence-electron chi connectivity index (χ4n) is 3.34. The summed E-state index contributed by atoms with van der Waals surface area (Å²) in [6.07, 6.45) is 2.98. The lowest BCUT2D eigenvalue weighted by atomic mass is 10.1. The zero-order valence-electron chi connectivity index (χ0n) is 14.9. The third-order valence-corrected chi connectivity index (χ3v) is 4.72. The molecule has 4 heteroatoms. The van der Waals surface area contributed by atoms with Gasteiger partial charge < -0.3 is 14.8 Å². The van der Waals surface area contributed by atoms with Gasteiger partial charge in [-0.25, -0.2) is 4.98 Å². The number of hydrogen-bond donors (Lipinski definition) is 1. The number of fused-ring (bicyclic) bond motifs is 1. The van der Waals surface area contributed by atoms with Crippen molar-refractivity contribution in [3.63, 3.8) is 0 Å². The summed E-state index contributed by atoms with van der Waals surface area (Å²) >= 11 is 0. The number of benzene rings is 2. The minimum absolute atomic E-state index is 0.179. The number of ether oxygens (including phenoxy) is 2. The van der Waals surface area contributed by atoms with Gasteiger partial charge in [-0.2, -0.15) is 0 Å². The Morgan fingerprint density at radius 1 is 1.15 bits per heavy atom. The van der Waals surface area contributed by atoms with Gasteiger partial charge in [0.2, 0.25) is 0 Å². The molecule has 1 atom stereocenters. The summed E-state index contributed by atoms with van der Waals surface area (Å²) in [4.78, 5) is 4.85. The summed E-state index contributed by atoms with van der Waals surface area (Å²) in [6.45, 7) is 5.75. The maximum absolute atomic E-state index is 6.35. The van der Waals surface area contributed by atoms with Crippen molar-refractivity contribution < 1.29 is 9.47 Å². The SMILES string of the molecule is C=Cc1cc2c(OC3CCNC3)cc(-c3ccccc3)nc2cc1OC. The number of methoxy groups -OCH3 is 1. The zero-order chi connectivity index (χ0) is 17.9. The van der Waals surface area contributed by atoms with Gasteiger partial charge in [0, 0.05) is 35.2 Å². The lowest BCUT2D eigenvalue weighted by Gasteiger charge is -2.17. The van der Waals surface area contributed by atoms with Crippen LogP contribution in [0.15, 0.2) is 55.1 Å². The van der Waals surface area contributed by atoms with Gasteiger partial charge in [0.15, 0.2) is 0 Å². The van der Waals surface area contributed by atoms with Crippen molar-refractivity contribution >= 4 is 17.0 Å². The second-order valence-corrected chi connectivity index (χ2v) is 6.42. The Balaban J connectivity index is 1.89. The van der Waals surface area contributed by atoms with Crippen molar-refractivity contribution in [2.75, 3.05) is 20.2 Å². The molecule has 2 aromatic carbocycles. The Bertz CT molecular complexity index is 932. The maximum atomic E-state index is 6.35. The minimum atomic E-state index is 0.179. The molecule has 0 saturated carbocycles. The number of pyridine rings is 1. The molecule has 2 heterocycles. The molecule has 1 N–H and O–H groups in total. The molecule has 0 radical (unpaired) electrons. The molecule has 0 bridgehead atoms. The van der Waals surface area contributed by atoms with Crippen molar-refractivity contribution in [3.8, 4) is 22.8 Å². The van der Waals surface area contributed by atoms with Crippen LogP contribution < -0.4 is 14.8 Å². The van der Waals surface area contributed by atoms with Crippen molar-refractivity contribution in [2.45, 2.75) is 12.5 Å². The van der Waals surface area contributed by atoms with E-state index in [2.05, 4.69) is 24.0 Å². The normalized spacial score (nSPS) is 16.6. The molecule has 0 spiro atoms. The number of hydrogen-bond acceptors (Lipinski definition) is 4. The Kier molecular flexibility index (Phi) is 4.59. The maximum Gasteiger partial charge on any atom is 0.131 e. The van der Waals surface area contributed by atoms with Crippen LogP contribution >= 0.6 is 0 Å². The third kappa shape index (κ3) is 3.16. The fraction of sp³-hybridized carbons (Fsp3) is 0.227. The van der Waals surface area contributed by atoms with E-state index >= 15 is 0 Å². The quantitative estimate of drug-likeness (QED) is 0.748. The van der Waals surface area contributed by atoms with Gasteiger partial charge in [-0.05, 0) is 19.0 Å². The predicted molar refractivity (Wildman–Crippen MR) is 106 cm³/mol. The number of nitrogens with one attached hydrogen (secondary N) is 1. The van der Waals surface area contributed by atoms with E-state index in [-0.39, 0.29) is 6.10 Å². The first kappa shape index (κ1) is 16.6. The van der Waals surface area contributed by atoms with E-state index in [0.717, 1.165) is 58.7 Å². The molecular formula is C22H22N2O2. The van der Waals surface area contributed by atoms with Crippen LogP contribution in [0.25, 0.3) is 28.2 Å². The van der Waals surface area contributed by atoms with Crippen LogP contribution in [0, 0.1) is 0 Å². The highest BCUT2D eigenvalue weighted by Crippen LogP contribution is 2.35. The molecule has 0 aliphatic carbocycles. The summed E-state index contributed by atoms with van der Waals surface area (Å²) in [7, 11) is 1.66. The van der Waals surface area contributed by atoms with Gasteiger partial charge in [0.1, 0.15) is 17.6 Å². The van der Waals surface area contributed by atoms with Crippen LogP contribution in [0.3, 0.4) is 0 Å². The molecule has 4 nitrogen and oxygen atoms in total. The fourth-order valence-corrected chi connectivity index (χ4v) is 3.34. The van der Waals surface area contributed by atoms with Gasteiger partial charge >= 0.3 is 0 Å². The van der Waals surface area contributed by atoms with Crippen LogP contribution in [-0.2, 0) is 0 Å².